The minimum atomic E-state index is -3.72. The largest absolute Gasteiger partial charge is 0.351 e. The number of carbonyl (C=O) groups is 1. The van der Waals surface area contributed by atoms with Crippen LogP contribution in [0.3, 0.4) is 0 Å². The molecule has 0 saturated carbocycles. The van der Waals surface area contributed by atoms with E-state index >= 15 is 0 Å². The van der Waals surface area contributed by atoms with Gasteiger partial charge in [-0.15, -0.1) is 0 Å². The second kappa shape index (κ2) is 8.46. The Hall–Kier alpha value is -1.19. The molecule has 0 radical (unpaired) electrons. The lowest BCUT2D eigenvalue weighted by molar-refractivity contribution is 0.0951. The monoisotopic (exact) mass is 388 g/mol. The van der Waals surface area contributed by atoms with Gasteiger partial charge in [-0.1, -0.05) is 11.6 Å². The third kappa shape index (κ3) is 5.15. The fraction of sp³-hybridized carbons (Fsp3) is 0.562. The molecule has 1 N–H and O–H groups in total. The molecule has 7 nitrogen and oxygen atoms in total. The molecule has 2 rings (SSSR count). The zero-order valence-electron chi connectivity index (χ0n) is 14.8. The average molecular weight is 389 g/mol. The number of rotatable bonds is 6. The molecule has 1 saturated heterocycles. The Kier molecular flexibility index (Phi) is 6.81. The smallest absolute Gasteiger partial charge is 0.251 e. The van der Waals surface area contributed by atoms with Gasteiger partial charge in [0.15, 0.2) is 0 Å². The van der Waals surface area contributed by atoms with Crippen molar-refractivity contribution >= 4 is 27.5 Å². The van der Waals surface area contributed by atoms with Crippen molar-refractivity contribution in [2.24, 2.45) is 0 Å². The minimum Gasteiger partial charge on any atom is -0.351 e. The number of piperazine rings is 1. The predicted octanol–water partition coefficient (Wildman–Crippen LogP) is 0.568. The Labute approximate surface area is 154 Å². The van der Waals surface area contributed by atoms with Gasteiger partial charge in [-0.25, -0.2) is 8.42 Å². The van der Waals surface area contributed by atoms with Crippen molar-refractivity contribution in [1.29, 1.82) is 0 Å². The van der Waals surface area contributed by atoms with Crippen LogP contribution in [0.1, 0.15) is 10.4 Å². The zero-order chi connectivity index (χ0) is 18.6. The van der Waals surface area contributed by atoms with E-state index in [1.165, 1.54) is 22.5 Å². The van der Waals surface area contributed by atoms with Gasteiger partial charge in [0.25, 0.3) is 5.91 Å². The Morgan fingerprint density at radius 1 is 1.24 bits per heavy atom. The van der Waals surface area contributed by atoms with Crippen LogP contribution >= 0.6 is 11.6 Å². The lowest BCUT2D eigenvalue weighted by atomic mass is 10.2. The van der Waals surface area contributed by atoms with Crippen molar-refractivity contribution in [3.63, 3.8) is 0 Å². The molecular formula is C16H25ClN4O3S. The number of benzene rings is 1. The summed E-state index contributed by atoms with van der Waals surface area (Å²) in [5, 5.41) is 2.90. The van der Waals surface area contributed by atoms with Crippen LogP contribution in [0.2, 0.25) is 5.02 Å². The van der Waals surface area contributed by atoms with Gasteiger partial charge in [-0.2, -0.15) is 4.31 Å². The highest BCUT2D eigenvalue weighted by molar-refractivity contribution is 7.89. The van der Waals surface area contributed by atoms with Crippen molar-refractivity contribution < 1.29 is 13.2 Å². The molecule has 0 aliphatic carbocycles. The van der Waals surface area contributed by atoms with Crippen LogP contribution in [0, 0.1) is 0 Å². The van der Waals surface area contributed by atoms with E-state index in [9.17, 15) is 13.2 Å². The second-order valence-electron chi connectivity index (χ2n) is 6.41. The molecule has 0 atom stereocenters. The Morgan fingerprint density at radius 2 is 1.88 bits per heavy atom. The van der Waals surface area contributed by atoms with Gasteiger partial charge in [0.05, 0.1) is 5.02 Å². The SMILES string of the molecule is CN(C)CCNC(=O)c1ccc(Cl)c(S(=O)(=O)N2CCN(C)CC2)c1. The van der Waals surface area contributed by atoms with Crippen molar-refractivity contribution in [1.82, 2.24) is 19.4 Å². The standard InChI is InChI=1S/C16H25ClN4O3S/c1-19(2)7-6-18-16(22)13-4-5-14(17)15(12-13)25(23,24)21-10-8-20(3)9-11-21/h4-5,12H,6-11H2,1-3H3,(H,18,22). The molecule has 0 unspecified atom stereocenters. The summed E-state index contributed by atoms with van der Waals surface area (Å²) < 4.78 is 27.2. The van der Waals surface area contributed by atoms with Gasteiger partial charge in [0.2, 0.25) is 10.0 Å². The van der Waals surface area contributed by atoms with Crippen LogP contribution in [0.5, 0.6) is 0 Å². The van der Waals surface area contributed by atoms with E-state index in [1.54, 1.807) is 0 Å². The van der Waals surface area contributed by atoms with Gasteiger partial charge >= 0.3 is 0 Å². The molecule has 1 aromatic rings. The van der Waals surface area contributed by atoms with Crippen LogP contribution in [0.15, 0.2) is 23.1 Å². The maximum Gasteiger partial charge on any atom is 0.251 e. The minimum absolute atomic E-state index is 0.0148. The van der Waals surface area contributed by atoms with E-state index in [-0.39, 0.29) is 21.4 Å². The number of likely N-dealkylation sites (N-methyl/N-ethyl adjacent to an activating group) is 2. The molecule has 0 bridgehead atoms. The Balaban J connectivity index is 2.19. The number of sulfonamides is 1. The lowest BCUT2D eigenvalue weighted by Crippen LogP contribution is -2.47. The molecule has 140 valence electrons. The lowest BCUT2D eigenvalue weighted by Gasteiger charge is -2.31. The summed E-state index contributed by atoms with van der Waals surface area (Å²) in [5.74, 6) is -0.312. The number of hydrogen-bond acceptors (Lipinski definition) is 5. The first kappa shape index (κ1) is 20.1. The first-order chi connectivity index (χ1) is 11.7. The van der Waals surface area contributed by atoms with E-state index in [4.69, 9.17) is 11.6 Å². The molecule has 1 fully saturated rings. The summed E-state index contributed by atoms with van der Waals surface area (Å²) in [5.41, 5.74) is 0.288. The number of amides is 1. The number of carbonyl (C=O) groups excluding carboxylic acids is 1. The first-order valence-electron chi connectivity index (χ1n) is 8.13. The molecule has 1 heterocycles. The molecule has 1 aromatic carbocycles. The molecule has 25 heavy (non-hydrogen) atoms. The van der Waals surface area contributed by atoms with Crippen LogP contribution in [-0.4, -0.2) is 88.8 Å². The number of halogens is 1. The maximum atomic E-state index is 12.9. The summed E-state index contributed by atoms with van der Waals surface area (Å²) in [6, 6.07) is 4.36. The summed E-state index contributed by atoms with van der Waals surface area (Å²) in [6.45, 7) is 3.34. The zero-order valence-corrected chi connectivity index (χ0v) is 16.4. The average Bonchev–Trinajstić information content (AvgIpc) is 2.55. The van der Waals surface area contributed by atoms with E-state index < -0.39 is 10.0 Å². The number of nitrogens with zero attached hydrogens (tertiary/aromatic N) is 3. The predicted molar refractivity (Wildman–Crippen MR) is 98.6 cm³/mol. The van der Waals surface area contributed by atoms with Crippen LogP contribution in [0.25, 0.3) is 0 Å². The molecule has 0 spiro atoms. The summed E-state index contributed by atoms with van der Waals surface area (Å²) in [4.78, 5) is 16.3. The van der Waals surface area contributed by atoms with E-state index in [1.807, 2.05) is 26.0 Å². The quantitative estimate of drug-likeness (QED) is 0.771. The number of hydrogen-bond donors (Lipinski definition) is 1. The summed E-state index contributed by atoms with van der Waals surface area (Å²) >= 11 is 6.12. The van der Waals surface area contributed by atoms with Crippen molar-refractivity contribution in [2.45, 2.75) is 4.90 Å². The number of nitrogens with one attached hydrogen (secondary N) is 1. The highest BCUT2D eigenvalue weighted by Gasteiger charge is 2.29. The van der Waals surface area contributed by atoms with Crippen LogP contribution < -0.4 is 5.32 Å². The topological polar surface area (TPSA) is 73.0 Å². The van der Waals surface area contributed by atoms with Crippen molar-refractivity contribution in [2.75, 3.05) is 60.4 Å². The van der Waals surface area contributed by atoms with E-state index in [0.29, 0.717) is 39.3 Å². The molecule has 1 aliphatic rings. The maximum absolute atomic E-state index is 12.9. The molecule has 9 heteroatoms. The van der Waals surface area contributed by atoms with E-state index in [2.05, 4.69) is 10.2 Å². The highest BCUT2D eigenvalue weighted by Crippen LogP contribution is 2.26. The van der Waals surface area contributed by atoms with Gasteiger partial charge < -0.3 is 15.1 Å². The highest BCUT2D eigenvalue weighted by atomic mass is 35.5. The van der Waals surface area contributed by atoms with Gasteiger partial charge in [-0.3, -0.25) is 4.79 Å². The third-order valence-electron chi connectivity index (χ3n) is 4.12. The summed E-state index contributed by atoms with van der Waals surface area (Å²) in [7, 11) is 2.06. The van der Waals surface area contributed by atoms with Gasteiger partial charge in [-0.05, 0) is 39.3 Å². The van der Waals surface area contributed by atoms with Crippen molar-refractivity contribution in [3.8, 4) is 0 Å². The van der Waals surface area contributed by atoms with Gasteiger partial charge in [0, 0.05) is 44.8 Å². The molecular weight excluding hydrogens is 364 g/mol. The molecule has 1 aliphatic heterocycles. The third-order valence-corrected chi connectivity index (χ3v) is 6.50. The second-order valence-corrected chi connectivity index (χ2v) is 8.73. The first-order valence-corrected chi connectivity index (χ1v) is 9.95. The van der Waals surface area contributed by atoms with E-state index in [0.717, 1.165) is 0 Å². The normalized spacial score (nSPS) is 17.0. The molecule has 1 amide bonds. The summed E-state index contributed by atoms with van der Waals surface area (Å²) in [6.07, 6.45) is 0. The fourth-order valence-corrected chi connectivity index (χ4v) is 4.43. The Morgan fingerprint density at radius 3 is 2.48 bits per heavy atom. The van der Waals surface area contributed by atoms with Crippen LogP contribution in [0.4, 0.5) is 0 Å². The van der Waals surface area contributed by atoms with Gasteiger partial charge in [0.1, 0.15) is 4.90 Å². The van der Waals surface area contributed by atoms with Crippen molar-refractivity contribution in [3.05, 3.63) is 28.8 Å². The molecule has 0 aromatic heterocycles. The van der Waals surface area contributed by atoms with Crippen LogP contribution in [-0.2, 0) is 10.0 Å². The fourth-order valence-electron chi connectivity index (χ4n) is 2.50. The Bertz CT molecular complexity index is 716.